The van der Waals surface area contributed by atoms with E-state index in [4.69, 9.17) is 5.73 Å². The third-order valence-corrected chi connectivity index (χ3v) is 3.34. The molecular formula is C11H13N3O2S. The van der Waals surface area contributed by atoms with Gasteiger partial charge in [0.05, 0.1) is 12.0 Å². The summed E-state index contributed by atoms with van der Waals surface area (Å²) in [6, 6.07) is 5.14. The first-order valence-electron chi connectivity index (χ1n) is 5.10. The summed E-state index contributed by atoms with van der Waals surface area (Å²) in [6.45, 7) is 1.70. The van der Waals surface area contributed by atoms with E-state index in [2.05, 4.69) is 9.84 Å². The zero-order valence-corrected chi connectivity index (χ0v) is 10.4. The predicted molar refractivity (Wildman–Crippen MR) is 66.7 cm³/mol. The number of ether oxygens (including phenoxy) is 1. The first-order valence-corrected chi connectivity index (χ1v) is 5.98. The molecule has 0 aliphatic carbocycles. The van der Waals surface area contributed by atoms with E-state index in [0.29, 0.717) is 5.82 Å². The molecule has 0 saturated carbocycles. The van der Waals surface area contributed by atoms with Gasteiger partial charge in [-0.2, -0.15) is 5.10 Å². The van der Waals surface area contributed by atoms with Crippen LogP contribution in [0.5, 0.6) is 0 Å². The number of carbonyl (C=O) groups is 1. The monoisotopic (exact) mass is 251 g/mol. The van der Waals surface area contributed by atoms with Gasteiger partial charge in [0.1, 0.15) is 17.6 Å². The summed E-state index contributed by atoms with van der Waals surface area (Å²) in [5.41, 5.74) is 6.61. The van der Waals surface area contributed by atoms with Crippen LogP contribution in [0.3, 0.4) is 0 Å². The number of rotatable bonds is 3. The van der Waals surface area contributed by atoms with Crippen molar-refractivity contribution in [3.8, 4) is 10.6 Å². The molecule has 2 N–H and O–H groups in total. The molecule has 0 saturated heterocycles. The summed E-state index contributed by atoms with van der Waals surface area (Å²) < 4.78 is 6.14. The Hall–Kier alpha value is -1.82. The number of carbonyl (C=O) groups excluding carboxylic acids is 1. The molecular weight excluding hydrogens is 238 g/mol. The van der Waals surface area contributed by atoms with Crippen LogP contribution in [0.15, 0.2) is 23.6 Å². The second-order valence-electron chi connectivity index (χ2n) is 3.58. The Morgan fingerprint density at radius 3 is 3.00 bits per heavy atom. The molecule has 0 radical (unpaired) electrons. The van der Waals surface area contributed by atoms with Crippen LogP contribution < -0.4 is 5.73 Å². The van der Waals surface area contributed by atoms with Gasteiger partial charge in [-0.25, -0.2) is 9.48 Å². The molecule has 2 rings (SSSR count). The molecule has 0 aromatic carbocycles. The lowest BCUT2D eigenvalue weighted by Gasteiger charge is -2.10. The van der Waals surface area contributed by atoms with Crippen LogP contribution >= 0.6 is 11.3 Å². The van der Waals surface area contributed by atoms with Crippen molar-refractivity contribution >= 4 is 23.1 Å². The smallest absolute Gasteiger partial charge is 0.330 e. The van der Waals surface area contributed by atoms with Crippen LogP contribution in [0, 0.1) is 0 Å². The van der Waals surface area contributed by atoms with Crippen molar-refractivity contribution in [3.63, 3.8) is 0 Å². The van der Waals surface area contributed by atoms with Crippen LogP contribution in [0.1, 0.15) is 13.0 Å². The van der Waals surface area contributed by atoms with Crippen LogP contribution in [0.25, 0.3) is 10.6 Å². The van der Waals surface area contributed by atoms with Crippen molar-refractivity contribution in [2.24, 2.45) is 0 Å². The Labute approximate surface area is 103 Å². The van der Waals surface area contributed by atoms with Crippen molar-refractivity contribution in [2.45, 2.75) is 13.0 Å². The quantitative estimate of drug-likeness (QED) is 0.846. The number of esters is 1. The first-order chi connectivity index (χ1) is 8.13. The maximum absolute atomic E-state index is 11.4. The van der Waals surface area contributed by atoms with E-state index >= 15 is 0 Å². The van der Waals surface area contributed by atoms with Gasteiger partial charge in [-0.05, 0) is 18.4 Å². The third kappa shape index (κ3) is 2.16. The van der Waals surface area contributed by atoms with Crippen molar-refractivity contribution in [3.05, 3.63) is 23.6 Å². The molecule has 5 nitrogen and oxygen atoms in total. The number of nitrogen functional groups attached to an aromatic ring is 1. The number of methoxy groups -OCH3 is 1. The topological polar surface area (TPSA) is 70.1 Å². The molecule has 0 amide bonds. The van der Waals surface area contributed by atoms with Crippen molar-refractivity contribution < 1.29 is 9.53 Å². The predicted octanol–water partition coefficient (Wildman–Crippen LogP) is 1.93. The lowest BCUT2D eigenvalue weighted by atomic mass is 10.3. The zero-order valence-electron chi connectivity index (χ0n) is 9.58. The van der Waals surface area contributed by atoms with E-state index in [1.165, 1.54) is 11.8 Å². The molecule has 1 atom stereocenters. The summed E-state index contributed by atoms with van der Waals surface area (Å²) in [6.07, 6.45) is 0. The highest BCUT2D eigenvalue weighted by molar-refractivity contribution is 7.13. The average molecular weight is 251 g/mol. The molecule has 1 unspecified atom stereocenters. The molecule has 0 aliphatic heterocycles. The normalized spacial score (nSPS) is 12.4. The Morgan fingerprint density at radius 2 is 2.41 bits per heavy atom. The van der Waals surface area contributed by atoms with Gasteiger partial charge in [0, 0.05) is 6.07 Å². The highest BCUT2D eigenvalue weighted by Gasteiger charge is 2.19. The summed E-state index contributed by atoms with van der Waals surface area (Å²) in [4.78, 5) is 12.4. The number of anilines is 1. The molecule has 0 spiro atoms. The molecule has 2 heterocycles. The van der Waals surface area contributed by atoms with E-state index in [1.807, 2.05) is 17.5 Å². The fourth-order valence-electron chi connectivity index (χ4n) is 1.53. The standard InChI is InChI=1S/C11H13N3O2S/c1-7(11(15)16-2)14-10(12)6-8(13-14)9-4-3-5-17-9/h3-7H,12H2,1-2H3. The van der Waals surface area contributed by atoms with E-state index in [0.717, 1.165) is 10.6 Å². The molecule has 2 aromatic rings. The zero-order chi connectivity index (χ0) is 12.4. The number of hydrogen-bond donors (Lipinski definition) is 1. The maximum Gasteiger partial charge on any atom is 0.330 e. The van der Waals surface area contributed by atoms with Crippen LogP contribution in [-0.4, -0.2) is 22.9 Å². The molecule has 2 aromatic heterocycles. The highest BCUT2D eigenvalue weighted by atomic mass is 32.1. The lowest BCUT2D eigenvalue weighted by molar-refractivity contribution is -0.144. The Kier molecular flexibility index (Phi) is 3.14. The molecule has 0 fully saturated rings. The van der Waals surface area contributed by atoms with Crippen molar-refractivity contribution in [1.82, 2.24) is 9.78 Å². The summed E-state index contributed by atoms with van der Waals surface area (Å²) in [7, 11) is 1.35. The number of nitrogens with two attached hydrogens (primary N) is 1. The lowest BCUT2D eigenvalue weighted by Crippen LogP contribution is -2.20. The van der Waals surface area contributed by atoms with E-state index in [-0.39, 0.29) is 5.97 Å². The largest absolute Gasteiger partial charge is 0.467 e. The van der Waals surface area contributed by atoms with Gasteiger partial charge >= 0.3 is 5.97 Å². The number of thiophene rings is 1. The fraction of sp³-hybridized carbons (Fsp3) is 0.273. The van der Waals surface area contributed by atoms with Crippen LogP contribution in [0.4, 0.5) is 5.82 Å². The second-order valence-corrected chi connectivity index (χ2v) is 4.52. The van der Waals surface area contributed by atoms with E-state index in [9.17, 15) is 4.79 Å². The molecule has 17 heavy (non-hydrogen) atoms. The Morgan fingerprint density at radius 1 is 1.65 bits per heavy atom. The van der Waals surface area contributed by atoms with Crippen LogP contribution in [-0.2, 0) is 9.53 Å². The van der Waals surface area contributed by atoms with Gasteiger partial charge < -0.3 is 10.5 Å². The number of hydrogen-bond acceptors (Lipinski definition) is 5. The third-order valence-electron chi connectivity index (χ3n) is 2.45. The first kappa shape index (κ1) is 11.7. The van der Waals surface area contributed by atoms with Gasteiger partial charge in [-0.3, -0.25) is 0 Å². The van der Waals surface area contributed by atoms with Crippen LogP contribution in [0.2, 0.25) is 0 Å². The number of aromatic nitrogens is 2. The fourth-order valence-corrected chi connectivity index (χ4v) is 2.22. The van der Waals surface area contributed by atoms with E-state index in [1.54, 1.807) is 24.3 Å². The minimum Gasteiger partial charge on any atom is -0.467 e. The summed E-state index contributed by atoms with van der Waals surface area (Å²) >= 11 is 1.58. The second kappa shape index (κ2) is 4.58. The maximum atomic E-state index is 11.4. The summed E-state index contributed by atoms with van der Waals surface area (Å²) in [5.74, 6) is 0.0869. The van der Waals surface area contributed by atoms with E-state index < -0.39 is 6.04 Å². The van der Waals surface area contributed by atoms with Gasteiger partial charge in [0.15, 0.2) is 0 Å². The van der Waals surface area contributed by atoms with Gasteiger partial charge in [0.2, 0.25) is 0 Å². The van der Waals surface area contributed by atoms with Crippen molar-refractivity contribution in [1.29, 1.82) is 0 Å². The summed E-state index contributed by atoms with van der Waals surface area (Å²) in [5, 5.41) is 6.29. The highest BCUT2D eigenvalue weighted by Crippen LogP contribution is 2.26. The average Bonchev–Trinajstić information content (AvgIpc) is 2.95. The van der Waals surface area contributed by atoms with Gasteiger partial charge in [-0.1, -0.05) is 6.07 Å². The SMILES string of the molecule is COC(=O)C(C)n1nc(-c2cccs2)cc1N. The van der Waals surface area contributed by atoms with Gasteiger partial charge in [0.25, 0.3) is 0 Å². The molecule has 90 valence electrons. The minimum absolute atomic E-state index is 0.363. The number of nitrogens with zero attached hydrogens (tertiary/aromatic N) is 2. The minimum atomic E-state index is -0.520. The molecule has 0 aliphatic rings. The molecule has 6 heteroatoms. The van der Waals surface area contributed by atoms with Gasteiger partial charge in [-0.15, -0.1) is 11.3 Å². The van der Waals surface area contributed by atoms with Crippen molar-refractivity contribution in [2.75, 3.05) is 12.8 Å². The Bertz CT molecular complexity index is 519. The Balaban J connectivity index is 2.34. The molecule has 0 bridgehead atoms.